The van der Waals surface area contributed by atoms with Gasteiger partial charge in [0, 0.05) is 24.3 Å². The fraction of sp³-hybridized carbons (Fsp3) is 0.208. The van der Waals surface area contributed by atoms with E-state index in [4.69, 9.17) is 9.47 Å². The van der Waals surface area contributed by atoms with E-state index in [1.54, 1.807) is 13.2 Å². The highest BCUT2D eigenvalue weighted by Gasteiger charge is 2.11. The molecule has 1 aliphatic heterocycles. The van der Waals surface area contributed by atoms with Crippen LogP contribution in [0.3, 0.4) is 0 Å². The number of carbonyl (C=O) groups excluding carboxylic acids is 1. The lowest BCUT2D eigenvalue weighted by Crippen LogP contribution is -2.36. The third-order valence-corrected chi connectivity index (χ3v) is 5.03. The van der Waals surface area contributed by atoms with Crippen LogP contribution < -0.4 is 9.64 Å². The van der Waals surface area contributed by atoms with Crippen molar-refractivity contribution in [3.63, 3.8) is 0 Å². The summed E-state index contributed by atoms with van der Waals surface area (Å²) in [5, 5.41) is 2.23. The van der Waals surface area contributed by atoms with Crippen LogP contribution in [0, 0.1) is 0 Å². The molecule has 1 fully saturated rings. The summed E-state index contributed by atoms with van der Waals surface area (Å²) < 4.78 is 10.6. The summed E-state index contributed by atoms with van der Waals surface area (Å²) in [6.45, 7) is 3.28. The maximum Gasteiger partial charge on any atom is 0.185 e. The van der Waals surface area contributed by atoms with Gasteiger partial charge in [-0.25, -0.2) is 0 Å². The van der Waals surface area contributed by atoms with Gasteiger partial charge in [0.2, 0.25) is 0 Å². The number of fused-ring (bicyclic) bond motifs is 1. The highest BCUT2D eigenvalue weighted by molar-refractivity contribution is 6.07. The van der Waals surface area contributed by atoms with Crippen molar-refractivity contribution in [2.75, 3.05) is 38.3 Å². The van der Waals surface area contributed by atoms with Gasteiger partial charge in [0.1, 0.15) is 5.75 Å². The fourth-order valence-electron chi connectivity index (χ4n) is 3.40. The number of methoxy groups -OCH3 is 1. The molecule has 0 N–H and O–H groups in total. The molecule has 0 saturated carbocycles. The van der Waals surface area contributed by atoms with Crippen LogP contribution in [0.5, 0.6) is 5.75 Å². The van der Waals surface area contributed by atoms with Crippen LogP contribution in [0.1, 0.15) is 15.9 Å². The molecule has 0 unspecified atom stereocenters. The van der Waals surface area contributed by atoms with Gasteiger partial charge in [0.05, 0.1) is 20.3 Å². The Labute approximate surface area is 165 Å². The average Bonchev–Trinajstić information content (AvgIpc) is 2.77. The van der Waals surface area contributed by atoms with E-state index >= 15 is 0 Å². The molecule has 0 atom stereocenters. The third-order valence-electron chi connectivity index (χ3n) is 5.03. The van der Waals surface area contributed by atoms with Crippen LogP contribution in [0.4, 0.5) is 5.69 Å². The number of anilines is 1. The molecule has 0 amide bonds. The Kier molecular flexibility index (Phi) is 5.40. The number of hydrogen-bond acceptors (Lipinski definition) is 4. The first kappa shape index (κ1) is 18.3. The normalized spacial score (nSPS) is 14.5. The van der Waals surface area contributed by atoms with Gasteiger partial charge >= 0.3 is 0 Å². The number of ether oxygens (including phenoxy) is 2. The molecule has 28 heavy (non-hydrogen) atoms. The summed E-state index contributed by atoms with van der Waals surface area (Å²) in [6.07, 6.45) is 3.50. The lowest BCUT2D eigenvalue weighted by atomic mass is 10.0. The van der Waals surface area contributed by atoms with Crippen LogP contribution >= 0.6 is 0 Å². The zero-order valence-electron chi connectivity index (χ0n) is 15.9. The number of rotatable bonds is 5. The number of ketones is 1. The molecule has 4 nitrogen and oxygen atoms in total. The molecule has 4 heteroatoms. The van der Waals surface area contributed by atoms with Gasteiger partial charge in [-0.05, 0) is 64.9 Å². The van der Waals surface area contributed by atoms with Crippen molar-refractivity contribution in [2.24, 2.45) is 0 Å². The van der Waals surface area contributed by atoms with Gasteiger partial charge < -0.3 is 14.4 Å². The van der Waals surface area contributed by atoms with Gasteiger partial charge in [-0.3, -0.25) is 4.79 Å². The van der Waals surface area contributed by atoms with Gasteiger partial charge in [0.25, 0.3) is 0 Å². The smallest absolute Gasteiger partial charge is 0.185 e. The van der Waals surface area contributed by atoms with Crippen LogP contribution in [-0.4, -0.2) is 39.2 Å². The van der Waals surface area contributed by atoms with Crippen molar-refractivity contribution in [1.82, 2.24) is 0 Å². The second kappa shape index (κ2) is 8.28. The molecular weight excluding hydrogens is 350 g/mol. The Morgan fingerprint density at radius 2 is 1.68 bits per heavy atom. The molecule has 1 saturated heterocycles. The van der Waals surface area contributed by atoms with Gasteiger partial charge in [-0.2, -0.15) is 0 Å². The first-order chi connectivity index (χ1) is 13.7. The Hall–Kier alpha value is -3.11. The first-order valence-electron chi connectivity index (χ1n) is 9.46. The zero-order chi connectivity index (χ0) is 19.3. The van der Waals surface area contributed by atoms with E-state index in [2.05, 4.69) is 11.0 Å². The first-order valence-corrected chi connectivity index (χ1v) is 9.46. The molecule has 0 radical (unpaired) electrons. The highest BCUT2D eigenvalue weighted by atomic mass is 16.5. The van der Waals surface area contributed by atoms with E-state index in [0.29, 0.717) is 5.56 Å². The minimum atomic E-state index is 0.00311. The van der Waals surface area contributed by atoms with Crippen LogP contribution in [0.15, 0.2) is 66.7 Å². The Morgan fingerprint density at radius 1 is 0.964 bits per heavy atom. The SMILES string of the molecule is COc1ccc2cc(/C=C/C(=O)c3ccc(N4CCOCC4)cc3)ccc2c1. The Balaban J connectivity index is 1.46. The molecule has 0 aliphatic carbocycles. The van der Waals surface area contributed by atoms with E-state index in [0.717, 1.165) is 54.1 Å². The van der Waals surface area contributed by atoms with Crippen molar-refractivity contribution in [3.05, 3.63) is 77.9 Å². The largest absolute Gasteiger partial charge is 0.497 e. The number of carbonyl (C=O) groups is 1. The summed E-state index contributed by atoms with van der Waals surface area (Å²) >= 11 is 0. The number of allylic oxidation sites excluding steroid dienone is 1. The van der Waals surface area contributed by atoms with Crippen LogP contribution in [-0.2, 0) is 4.74 Å². The molecule has 0 bridgehead atoms. The predicted molar refractivity (Wildman–Crippen MR) is 113 cm³/mol. The van der Waals surface area contributed by atoms with Crippen LogP contribution in [0.2, 0.25) is 0 Å². The summed E-state index contributed by atoms with van der Waals surface area (Å²) in [6, 6.07) is 19.9. The molecule has 0 spiro atoms. The van der Waals surface area contributed by atoms with Gasteiger partial charge in [-0.15, -0.1) is 0 Å². The lowest BCUT2D eigenvalue weighted by molar-refractivity contribution is 0.104. The molecule has 3 aromatic rings. The monoisotopic (exact) mass is 373 g/mol. The van der Waals surface area contributed by atoms with Gasteiger partial charge in [-0.1, -0.05) is 24.3 Å². The number of benzene rings is 3. The average molecular weight is 373 g/mol. The van der Waals surface area contributed by atoms with E-state index in [1.165, 1.54) is 0 Å². The van der Waals surface area contributed by atoms with E-state index in [-0.39, 0.29) is 5.78 Å². The number of nitrogens with zero attached hydrogens (tertiary/aromatic N) is 1. The molecular formula is C24H23NO3. The standard InChI is InChI=1S/C24H23NO3/c1-27-23-10-7-20-16-18(2-4-21(20)17-23)3-11-24(26)19-5-8-22(9-6-19)25-12-14-28-15-13-25/h2-11,16-17H,12-15H2,1H3/b11-3+. The minimum Gasteiger partial charge on any atom is -0.497 e. The topological polar surface area (TPSA) is 38.8 Å². The lowest BCUT2D eigenvalue weighted by Gasteiger charge is -2.28. The second-order valence-corrected chi connectivity index (χ2v) is 6.82. The molecule has 1 aliphatic rings. The van der Waals surface area contributed by atoms with Crippen molar-refractivity contribution in [3.8, 4) is 5.75 Å². The fourth-order valence-corrected chi connectivity index (χ4v) is 3.40. The van der Waals surface area contributed by atoms with E-state index < -0.39 is 0 Å². The third kappa shape index (κ3) is 4.07. The molecule has 1 heterocycles. The van der Waals surface area contributed by atoms with E-state index in [9.17, 15) is 4.79 Å². The maximum atomic E-state index is 12.5. The number of morpholine rings is 1. The molecule has 4 rings (SSSR count). The summed E-state index contributed by atoms with van der Waals surface area (Å²) in [5.74, 6) is 0.842. The molecule has 3 aromatic carbocycles. The summed E-state index contributed by atoms with van der Waals surface area (Å²) in [7, 11) is 1.66. The maximum absolute atomic E-state index is 12.5. The zero-order valence-corrected chi connectivity index (χ0v) is 15.9. The number of hydrogen-bond donors (Lipinski definition) is 0. The predicted octanol–water partition coefficient (Wildman–Crippen LogP) is 4.58. The summed E-state index contributed by atoms with van der Waals surface area (Å²) in [4.78, 5) is 14.8. The Bertz CT molecular complexity index is 1000. The van der Waals surface area contributed by atoms with Gasteiger partial charge in [0.15, 0.2) is 5.78 Å². The molecule has 0 aromatic heterocycles. The molecule has 142 valence electrons. The van der Waals surface area contributed by atoms with Crippen molar-refractivity contribution in [1.29, 1.82) is 0 Å². The Morgan fingerprint density at radius 3 is 2.43 bits per heavy atom. The quantitative estimate of drug-likeness (QED) is 0.485. The van der Waals surface area contributed by atoms with Crippen molar-refractivity contribution >= 4 is 28.3 Å². The summed E-state index contributed by atoms with van der Waals surface area (Å²) in [5.41, 5.74) is 2.82. The van der Waals surface area contributed by atoms with Crippen molar-refractivity contribution in [2.45, 2.75) is 0 Å². The van der Waals surface area contributed by atoms with Crippen molar-refractivity contribution < 1.29 is 14.3 Å². The van der Waals surface area contributed by atoms with E-state index in [1.807, 2.05) is 60.7 Å². The highest BCUT2D eigenvalue weighted by Crippen LogP contribution is 2.22. The van der Waals surface area contributed by atoms with Crippen LogP contribution in [0.25, 0.3) is 16.8 Å². The minimum absolute atomic E-state index is 0.00311. The second-order valence-electron chi connectivity index (χ2n) is 6.82.